The third-order valence-electron chi connectivity index (χ3n) is 5.43. The molecule has 1 N–H and O–H groups in total. The maximum absolute atomic E-state index is 14.0. The molecule has 0 radical (unpaired) electrons. The van der Waals surface area contributed by atoms with Crippen LogP contribution in [0, 0.1) is 12.7 Å². The van der Waals surface area contributed by atoms with E-state index in [1.54, 1.807) is 12.1 Å². The molecule has 0 aliphatic carbocycles. The number of quaternary nitrogens is 1. The zero-order valence-corrected chi connectivity index (χ0v) is 15.4. The van der Waals surface area contributed by atoms with Crippen LogP contribution in [-0.4, -0.2) is 6.73 Å². The Bertz CT molecular complexity index is 1280. The first-order valence-corrected chi connectivity index (χ1v) is 9.29. The van der Waals surface area contributed by atoms with Crippen molar-refractivity contribution in [2.75, 3.05) is 6.73 Å². The molecule has 1 unspecified atom stereocenters. The summed E-state index contributed by atoms with van der Waals surface area (Å²) in [5.41, 5.74) is 2.79. The fourth-order valence-electron chi connectivity index (χ4n) is 4.08. The first kappa shape index (κ1) is 17.0. The van der Waals surface area contributed by atoms with Gasteiger partial charge in [0.15, 0.2) is 0 Å². The van der Waals surface area contributed by atoms with Crippen LogP contribution in [0.15, 0.2) is 63.8 Å². The lowest BCUT2D eigenvalue weighted by Crippen LogP contribution is -3.11. The second-order valence-corrected chi connectivity index (χ2v) is 7.29. The molecule has 1 aliphatic heterocycles. The third-order valence-corrected chi connectivity index (χ3v) is 5.43. The van der Waals surface area contributed by atoms with Crippen molar-refractivity contribution in [3.8, 4) is 5.75 Å². The fraction of sp³-hybridized carbons (Fsp3) is 0.174. The van der Waals surface area contributed by atoms with Crippen LogP contribution in [0.3, 0.4) is 0 Å². The Kier molecular flexibility index (Phi) is 3.91. The number of hydrogen-bond donors (Lipinski definition) is 1. The summed E-state index contributed by atoms with van der Waals surface area (Å²) in [6.45, 7) is 3.62. The Morgan fingerprint density at radius 3 is 2.61 bits per heavy atom. The van der Waals surface area contributed by atoms with E-state index in [9.17, 15) is 9.18 Å². The van der Waals surface area contributed by atoms with Gasteiger partial charge in [0.1, 0.15) is 30.2 Å². The monoisotopic (exact) mass is 376 g/mol. The van der Waals surface area contributed by atoms with E-state index in [1.807, 2.05) is 43.3 Å². The summed E-state index contributed by atoms with van der Waals surface area (Å²) in [5, 5.41) is 2.35. The molecule has 4 nitrogen and oxygen atoms in total. The van der Waals surface area contributed by atoms with Gasteiger partial charge in [-0.3, -0.25) is 4.90 Å². The molecule has 1 aliphatic rings. The maximum Gasteiger partial charge on any atom is 0.344 e. The number of rotatable bonds is 2. The van der Waals surface area contributed by atoms with Crippen LogP contribution in [0.4, 0.5) is 4.39 Å². The van der Waals surface area contributed by atoms with Crippen molar-refractivity contribution in [1.82, 2.24) is 0 Å². The smallest absolute Gasteiger partial charge is 0.344 e. The molecule has 5 rings (SSSR count). The Morgan fingerprint density at radius 1 is 1.04 bits per heavy atom. The van der Waals surface area contributed by atoms with Crippen molar-refractivity contribution in [2.24, 2.45) is 0 Å². The van der Waals surface area contributed by atoms with E-state index < -0.39 is 0 Å². The van der Waals surface area contributed by atoms with E-state index in [0.29, 0.717) is 36.4 Å². The van der Waals surface area contributed by atoms with Gasteiger partial charge in [-0.2, -0.15) is 0 Å². The first-order chi connectivity index (χ1) is 13.6. The average Bonchev–Trinajstić information content (AvgIpc) is 2.71. The Hall–Kier alpha value is -3.18. The van der Waals surface area contributed by atoms with Gasteiger partial charge < -0.3 is 9.15 Å². The number of hydrogen-bond acceptors (Lipinski definition) is 3. The third kappa shape index (κ3) is 2.67. The molecule has 0 saturated heterocycles. The van der Waals surface area contributed by atoms with Gasteiger partial charge in [-0.05, 0) is 30.5 Å². The SMILES string of the molecule is Cc1c2c(cc3c1oc(=O)c1ccccc13)C[NH+](Cc1ccccc1F)CO2. The highest BCUT2D eigenvalue weighted by molar-refractivity contribution is 6.06. The molecular weight excluding hydrogens is 357 g/mol. The summed E-state index contributed by atoms with van der Waals surface area (Å²) in [6, 6.07) is 16.4. The summed E-state index contributed by atoms with van der Waals surface area (Å²) in [4.78, 5) is 13.5. The van der Waals surface area contributed by atoms with Crippen LogP contribution in [0.5, 0.6) is 5.75 Å². The highest BCUT2D eigenvalue weighted by Crippen LogP contribution is 2.34. The van der Waals surface area contributed by atoms with Gasteiger partial charge in [0.05, 0.1) is 5.39 Å². The van der Waals surface area contributed by atoms with Crippen molar-refractivity contribution in [2.45, 2.75) is 20.0 Å². The van der Waals surface area contributed by atoms with E-state index in [1.165, 1.54) is 6.07 Å². The fourth-order valence-corrected chi connectivity index (χ4v) is 4.08. The van der Waals surface area contributed by atoms with Crippen LogP contribution < -0.4 is 15.3 Å². The minimum atomic E-state index is -0.339. The number of halogens is 1. The van der Waals surface area contributed by atoms with Gasteiger partial charge in [0.25, 0.3) is 0 Å². The van der Waals surface area contributed by atoms with Crippen molar-refractivity contribution in [1.29, 1.82) is 0 Å². The molecule has 0 spiro atoms. The zero-order chi connectivity index (χ0) is 19.3. The van der Waals surface area contributed by atoms with Gasteiger partial charge in [-0.1, -0.05) is 36.4 Å². The number of nitrogens with one attached hydrogen (secondary N) is 1. The van der Waals surface area contributed by atoms with Crippen molar-refractivity contribution in [3.05, 3.63) is 87.5 Å². The largest absolute Gasteiger partial charge is 0.444 e. The van der Waals surface area contributed by atoms with Gasteiger partial charge in [0, 0.05) is 22.1 Å². The quantitative estimate of drug-likeness (QED) is 0.431. The minimum absolute atomic E-state index is 0.191. The molecule has 0 saturated carbocycles. The summed E-state index contributed by atoms with van der Waals surface area (Å²) in [7, 11) is 0. The minimum Gasteiger partial charge on any atom is -0.444 e. The second kappa shape index (κ2) is 6.46. The highest BCUT2D eigenvalue weighted by atomic mass is 19.1. The van der Waals surface area contributed by atoms with E-state index in [-0.39, 0.29) is 11.4 Å². The molecule has 1 aromatic heterocycles. The van der Waals surface area contributed by atoms with E-state index in [4.69, 9.17) is 9.15 Å². The van der Waals surface area contributed by atoms with Crippen LogP contribution in [0.25, 0.3) is 21.7 Å². The topological polar surface area (TPSA) is 43.9 Å². The molecule has 0 amide bonds. The number of ether oxygens (including phenoxy) is 1. The van der Waals surface area contributed by atoms with Gasteiger partial charge in [0.2, 0.25) is 6.73 Å². The van der Waals surface area contributed by atoms with Crippen LogP contribution in [0.1, 0.15) is 16.7 Å². The molecule has 4 aromatic rings. The number of benzene rings is 3. The van der Waals surface area contributed by atoms with Crippen molar-refractivity contribution >= 4 is 21.7 Å². The maximum atomic E-state index is 14.0. The molecule has 2 heterocycles. The molecule has 1 atom stereocenters. The first-order valence-electron chi connectivity index (χ1n) is 9.29. The molecule has 3 aromatic carbocycles. The molecule has 28 heavy (non-hydrogen) atoms. The Balaban J connectivity index is 1.61. The normalized spacial score (nSPS) is 16.1. The summed E-state index contributed by atoms with van der Waals surface area (Å²) < 4.78 is 25.7. The van der Waals surface area contributed by atoms with Crippen LogP contribution in [-0.2, 0) is 13.1 Å². The predicted octanol–water partition coefficient (Wildman–Crippen LogP) is 3.33. The lowest BCUT2D eigenvalue weighted by atomic mass is 10.00. The van der Waals surface area contributed by atoms with Gasteiger partial charge in [-0.25, -0.2) is 9.18 Å². The lowest BCUT2D eigenvalue weighted by molar-refractivity contribution is -0.945. The zero-order valence-electron chi connectivity index (χ0n) is 15.4. The number of fused-ring (bicyclic) bond motifs is 4. The molecular formula is C23H19FNO3+. The molecule has 5 heteroatoms. The summed E-state index contributed by atoms with van der Waals surface area (Å²) in [6.07, 6.45) is 0. The lowest BCUT2D eigenvalue weighted by Gasteiger charge is -2.27. The van der Waals surface area contributed by atoms with E-state index in [0.717, 1.165) is 32.5 Å². The van der Waals surface area contributed by atoms with Crippen molar-refractivity contribution < 1.29 is 18.4 Å². The van der Waals surface area contributed by atoms with E-state index in [2.05, 4.69) is 0 Å². The molecule has 140 valence electrons. The Morgan fingerprint density at radius 2 is 1.79 bits per heavy atom. The molecule has 0 fully saturated rings. The average molecular weight is 376 g/mol. The summed E-state index contributed by atoms with van der Waals surface area (Å²) >= 11 is 0. The predicted molar refractivity (Wildman–Crippen MR) is 105 cm³/mol. The highest BCUT2D eigenvalue weighted by Gasteiger charge is 2.26. The van der Waals surface area contributed by atoms with Gasteiger partial charge in [-0.15, -0.1) is 0 Å². The van der Waals surface area contributed by atoms with Crippen LogP contribution >= 0.6 is 0 Å². The van der Waals surface area contributed by atoms with E-state index >= 15 is 0 Å². The molecule has 0 bridgehead atoms. The van der Waals surface area contributed by atoms with Crippen molar-refractivity contribution in [3.63, 3.8) is 0 Å². The number of aryl methyl sites for hydroxylation is 1. The Labute approximate surface area is 160 Å². The van der Waals surface area contributed by atoms with Gasteiger partial charge >= 0.3 is 5.63 Å². The van der Waals surface area contributed by atoms with Crippen LogP contribution in [0.2, 0.25) is 0 Å². The summed E-state index contributed by atoms with van der Waals surface area (Å²) in [5.74, 6) is 0.575. The second-order valence-electron chi connectivity index (χ2n) is 7.29. The standard InChI is InChI=1S/C23H18FNO3/c1-14-21-16(12-25(13-27-21)11-15-6-2-5-9-20(15)24)10-19-17-7-3-4-8-18(17)23(26)28-22(14)19/h2-10H,11-13H2,1H3/p+1.